The van der Waals surface area contributed by atoms with E-state index in [-0.39, 0.29) is 11.1 Å². The van der Waals surface area contributed by atoms with Crippen LogP contribution in [0, 0.1) is 0 Å². The molecule has 0 N–H and O–H groups in total. The third kappa shape index (κ3) is 0.867. The Kier molecular flexibility index (Phi) is 1.42. The molecule has 0 fully saturated rings. The van der Waals surface area contributed by atoms with Gasteiger partial charge in [0, 0.05) is 20.2 Å². The van der Waals surface area contributed by atoms with E-state index in [0.29, 0.717) is 11.2 Å². The number of hydrogen-bond donors (Lipinski definition) is 0. The number of aromatic nitrogens is 2. The molecule has 0 saturated carbocycles. The van der Waals surface area contributed by atoms with Crippen LogP contribution in [0.3, 0.4) is 0 Å². The molecule has 68 valence electrons. The summed E-state index contributed by atoms with van der Waals surface area (Å²) in [5, 5.41) is 0. The van der Waals surface area contributed by atoms with Gasteiger partial charge >= 0.3 is 5.69 Å². The van der Waals surface area contributed by atoms with Gasteiger partial charge in [-0.05, 0) is 0 Å². The Morgan fingerprint density at radius 3 is 2.54 bits per heavy atom. The topological polar surface area (TPSA) is 57.1 Å². The second-order valence-electron chi connectivity index (χ2n) is 2.84. The molecule has 0 bridgehead atoms. The fraction of sp³-hybridized carbons (Fsp3) is 0.250. The molecule has 0 atom stereocenters. The van der Waals surface area contributed by atoms with E-state index < -0.39 is 0 Å². The van der Waals surface area contributed by atoms with E-state index in [2.05, 4.69) is 0 Å². The lowest BCUT2D eigenvalue weighted by Gasteiger charge is -1.89. The number of aryl methyl sites for hydroxylation is 2. The summed E-state index contributed by atoms with van der Waals surface area (Å²) in [7, 11) is 3.11. The van der Waals surface area contributed by atoms with Gasteiger partial charge in [0.1, 0.15) is 0 Å². The monoisotopic (exact) mass is 180 g/mol. The summed E-state index contributed by atoms with van der Waals surface area (Å²) in [6, 6.07) is 1.29. The average molecular weight is 180 g/mol. The summed E-state index contributed by atoms with van der Waals surface area (Å²) < 4.78 is 7.65. The summed E-state index contributed by atoms with van der Waals surface area (Å²) in [5.74, 6) is 0. The molecule has 2 rings (SSSR count). The Hall–Kier alpha value is -1.78. The maximum Gasteiger partial charge on any atom is 0.331 e. The maximum absolute atomic E-state index is 11.4. The smallest absolute Gasteiger partial charge is 0.331 e. The van der Waals surface area contributed by atoms with Gasteiger partial charge in [-0.15, -0.1) is 0 Å². The fourth-order valence-corrected chi connectivity index (χ4v) is 1.35. The predicted octanol–water partition coefficient (Wildman–Crippen LogP) is -0.170. The van der Waals surface area contributed by atoms with E-state index in [4.69, 9.17) is 4.42 Å². The molecule has 2 aromatic heterocycles. The molecule has 0 aliphatic carbocycles. The summed E-state index contributed by atoms with van der Waals surface area (Å²) in [6.45, 7) is 0. The first kappa shape index (κ1) is 7.85. The number of hydrogen-bond acceptors (Lipinski definition) is 3. The fourth-order valence-electron chi connectivity index (χ4n) is 1.35. The number of fused-ring (bicyclic) bond motifs is 1. The Labute approximate surface area is 72.8 Å². The van der Waals surface area contributed by atoms with Crippen LogP contribution < -0.4 is 11.1 Å². The van der Waals surface area contributed by atoms with E-state index in [0.717, 1.165) is 0 Å². The Morgan fingerprint density at radius 2 is 1.92 bits per heavy atom. The highest BCUT2D eigenvalue weighted by molar-refractivity contribution is 5.68. The molecule has 5 nitrogen and oxygen atoms in total. The lowest BCUT2D eigenvalue weighted by Crippen LogP contribution is -2.20. The second-order valence-corrected chi connectivity index (χ2v) is 2.84. The van der Waals surface area contributed by atoms with Crippen LogP contribution in [0.4, 0.5) is 0 Å². The van der Waals surface area contributed by atoms with Crippen molar-refractivity contribution < 1.29 is 4.42 Å². The first-order valence-corrected chi connectivity index (χ1v) is 3.76. The minimum Gasteiger partial charge on any atom is -0.446 e. The Balaban J connectivity index is 3.22. The lowest BCUT2D eigenvalue weighted by atomic mass is 10.4. The van der Waals surface area contributed by atoms with Crippen LogP contribution in [-0.2, 0) is 14.1 Å². The Morgan fingerprint density at radius 1 is 1.23 bits per heavy atom. The van der Waals surface area contributed by atoms with E-state index in [9.17, 15) is 9.59 Å². The van der Waals surface area contributed by atoms with Gasteiger partial charge in [-0.25, -0.2) is 4.79 Å². The average Bonchev–Trinajstić information content (AvgIpc) is 2.33. The van der Waals surface area contributed by atoms with E-state index in [1.165, 1.54) is 21.5 Å². The van der Waals surface area contributed by atoms with Crippen molar-refractivity contribution in [3.05, 3.63) is 33.0 Å². The zero-order valence-electron chi connectivity index (χ0n) is 7.27. The molecule has 2 aromatic rings. The minimum absolute atomic E-state index is 0.207. The normalized spacial score (nSPS) is 10.9. The largest absolute Gasteiger partial charge is 0.446 e. The third-order valence-corrected chi connectivity index (χ3v) is 2.05. The predicted molar refractivity (Wildman–Crippen MR) is 46.7 cm³/mol. The lowest BCUT2D eigenvalue weighted by molar-refractivity contribution is 0.569. The summed E-state index contributed by atoms with van der Waals surface area (Å²) in [6.07, 6.45) is 1.28. The van der Waals surface area contributed by atoms with E-state index in [1.54, 1.807) is 14.1 Å². The van der Waals surface area contributed by atoms with Gasteiger partial charge < -0.3 is 4.42 Å². The summed E-state index contributed by atoms with van der Waals surface area (Å²) in [5.41, 5.74) is 0.138. The minimum atomic E-state index is -0.262. The molecular formula is C8H8N2O3. The van der Waals surface area contributed by atoms with Crippen molar-refractivity contribution in [1.82, 2.24) is 9.13 Å². The highest BCUT2D eigenvalue weighted by atomic mass is 16.3. The molecule has 0 radical (unpaired) electrons. The first-order chi connectivity index (χ1) is 6.13. The van der Waals surface area contributed by atoms with Crippen molar-refractivity contribution in [3.8, 4) is 0 Å². The highest BCUT2D eigenvalue weighted by Crippen LogP contribution is 2.04. The van der Waals surface area contributed by atoms with Gasteiger partial charge in [-0.2, -0.15) is 0 Å². The quantitative estimate of drug-likeness (QED) is 0.565. The van der Waals surface area contributed by atoms with Crippen LogP contribution in [-0.4, -0.2) is 9.13 Å². The van der Waals surface area contributed by atoms with Gasteiger partial charge in [-0.1, -0.05) is 0 Å². The van der Waals surface area contributed by atoms with Gasteiger partial charge in [-0.3, -0.25) is 13.9 Å². The number of rotatable bonds is 0. The molecule has 0 spiro atoms. The zero-order chi connectivity index (χ0) is 9.59. The molecule has 5 heteroatoms. The summed E-state index contributed by atoms with van der Waals surface area (Å²) >= 11 is 0. The van der Waals surface area contributed by atoms with E-state index in [1.807, 2.05) is 0 Å². The van der Waals surface area contributed by atoms with Crippen molar-refractivity contribution >= 4 is 11.2 Å². The van der Waals surface area contributed by atoms with Gasteiger partial charge in [0.2, 0.25) is 11.1 Å². The van der Waals surface area contributed by atoms with Crippen LogP contribution in [0.15, 0.2) is 26.3 Å². The highest BCUT2D eigenvalue weighted by Gasteiger charge is 2.11. The van der Waals surface area contributed by atoms with Crippen LogP contribution in [0.25, 0.3) is 11.2 Å². The Bertz CT molecular complexity index is 573. The summed E-state index contributed by atoms with van der Waals surface area (Å²) in [4.78, 5) is 22.7. The van der Waals surface area contributed by atoms with Crippen molar-refractivity contribution in [2.75, 3.05) is 0 Å². The second kappa shape index (κ2) is 2.35. The molecule has 13 heavy (non-hydrogen) atoms. The van der Waals surface area contributed by atoms with Crippen LogP contribution >= 0.6 is 0 Å². The molecule has 0 aromatic carbocycles. The molecule has 0 aliphatic heterocycles. The van der Waals surface area contributed by atoms with Crippen LogP contribution in [0.2, 0.25) is 0 Å². The SMILES string of the molecule is Cn1c(=O)n(C)c2c(=O)ccoc21. The molecule has 0 saturated heterocycles. The van der Waals surface area contributed by atoms with Gasteiger partial charge in [0.15, 0.2) is 5.52 Å². The van der Waals surface area contributed by atoms with Crippen molar-refractivity contribution in [3.63, 3.8) is 0 Å². The maximum atomic E-state index is 11.4. The van der Waals surface area contributed by atoms with Crippen LogP contribution in [0.5, 0.6) is 0 Å². The molecule has 2 heterocycles. The molecular weight excluding hydrogens is 172 g/mol. The van der Waals surface area contributed by atoms with Gasteiger partial charge in [0.05, 0.1) is 6.26 Å². The van der Waals surface area contributed by atoms with Crippen LogP contribution in [0.1, 0.15) is 0 Å². The standard InChI is InChI=1S/C8H8N2O3/c1-9-6-5(11)3-4-13-7(6)10(2)8(9)12/h3-4H,1-2H3. The van der Waals surface area contributed by atoms with Crippen molar-refractivity contribution in [2.24, 2.45) is 14.1 Å². The first-order valence-electron chi connectivity index (χ1n) is 3.76. The van der Waals surface area contributed by atoms with Gasteiger partial charge in [0.25, 0.3) is 0 Å². The molecule has 0 aliphatic rings. The third-order valence-electron chi connectivity index (χ3n) is 2.05. The number of imidazole rings is 1. The number of nitrogens with zero attached hydrogens (tertiary/aromatic N) is 2. The van der Waals surface area contributed by atoms with Crippen molar-refractivity contribution in [1.29, 1.82) is 0 Å². The van der Waals surface area contributed by atoms with Crippen molar-refractivity contribution in [2.45, 2.75) is 0 Å². The van der Waals surface area contributed by atoms with E-state index >= 15 is 0 Å². The zero-order valence-corrected chi connectivity index (χ0v) is 7.27. The molecule has 0 unspecified atom stereocenters. The molecule has 0 amide bonds.